The van der Waals surface area contributed by atoms with Gasteiger partial charge in [0.2, 0.25) is 0 Å². The molecular weight excluding hydrogens is 447 g/mol. The SMILES string of the molecule is Cc1cc(F)c(N2CCN(Cc3ccc(Cl)c(Cl)c3)CC2)cc1SCC(F)(F)F. The standard InChI is InChI=1S/C20H20Cl2F4N2S/c1-13-8-17(23)18(10-19(13)29-12-20(24,25)26)28-6-4-27(5-7-28)11-14-2-3-15(21)16(22)9-14/h2-3,8-10H,4-7,11-12H2,1H3. The Morgan fingerprint density at radius 2 is 1.69 bits per heavy atom. The first-order chi connectivity index (χ1) is 13.6. The highest BCUT2D eigenvalue weighted by molar-refractivity contribution is 7.99. The number of hydrogen-bond donors (Lipinski definition) is 0. The summed E-state index contributed by atoms with van der Waals surface area (Å²) in [6.45, 7) is 4.92. The molecule has 0 N–H and O–H groups in total. The van der Waals surface area contributed by atoms with Gasteiger partial charge in [-0.2, -0.15) is 13.2 Å². The van der Waals surface area contributed by atoms with Crippen LogP contribution < -0.4 is 4.90 Å². The molecule has 2 nitrogen and oxygen atoms in total. The van der Waals surface area contributed by atoms with E-state index in [0.29, 0.717) is 70.7 Å². The normalized spacial score (nSPS) is 15.8. The second-order valence-corrected chi connectivity index (χ2v) is 8.82. The molecule has 0 aromatic heterocycles. The molecule has 0 radical (unpaired) electrons. The van der Waals surface area contributed by atoms with Crippen molar-refractivity contribution in [1.29, 1.82) is 0 Å². The lowest BCUT2D eigenvalue weighted by Crippen LogP contribution is -2.46. The van der Waals surface area contributed by atoms with Gasteiger partial charge in [-0.05, 0) is 42.3 Å². The van der Waals surface area contributed by atoms with Crippen LogP contribution in [0.1, 0.15) is 11.1 Å². The molecule has 158 valence electrons. The molecule has 1 aliphatic heterocycles. The van der Waals surface area contributed by atoms with Crippen LogP contribution in [-0.4, -0.2) is 43.0 Å². The van der Waals surface area contributed by atoms with E-state index in [1.165, 1.54) is 12.1 Å². The van der Waals surface area contributed by atoms with Gasteiger partial charge < -0.3 is 4.90 Å². The second-order valence-electron chi connectivity index (χ2n) is 6.98. The molecule has 1 fully saturated rings. The molecule has 1 aliphatic rings. The van der Waals surface area contributed by atoms with Crippen molar-refractivity contribution in [2.45, 2.75) is 24.5 Å². The topological polar surface area (TPSA) is 6.48 Å². The van der Waals surface area contributed by atoms with Gasteiger partial charge in [0.05, 0.1) is 21.5 Å². The summed E-state index contributed by atoms with van der Waals surface area (Å²) in [5.41, 5.74) is 1.91. The van der Waals surface area contributed by atoms with Crippen LogP contribution in [0.2, 0.25) is 10.0 Å². The highest BCUT2D eigenvalue weighted by atomic mass is 35.5. The number of rotatable bonds is 5. The molecule has 0 amide bonds. The molecule has 3 rings (SSSR count). The largest absolute Gasteiger partial charge is 0.398 e. The number of nitrogens with zero attached hydrogens (tertiary/aromatic N) is 2. The summed E-state index contributed by atoms with van der Waals surface area (Å²) >= 11 is 12.7. The molecule has 1 saturated heterocycles. The predicted molar refractivity (Wildman–Crippen MR) is 112 cm³/mol. The minimum absolute atomic E-state index is 0.356. The Kier molecular flexibility index (Phi) is 7.25. The van der Waals surface area contributed by atoms with Crippen LogP contribution in [0.15, 0.2) is 35.2 Å². The molecule has 9 heteroatoms. The Morgan fingerprint density at radius 3 is 2.31 bits per heavy atom. The molecule has 0 aliphatic carbocycles. The molecule has 29 heavy (non-hydrogen) atoms. The third-order valence-corrected chi connectivity index (χ3v) is 6.70. The highest BCUT2D eigenvalue weighted by Crippen LogP contribution is 2.34. The number of benzene rings is 2. The van der Waals surface area contributed by atoms with Crippen LogP contribution in [0, 0.1) is 12.7 Å². The summed E-state index contributed by atoms with van der Waals surface area (Å²) in [5, 5.41) is 1.02. The fraction of sp³-hybridized carbons (Fsp3) is 0.400. The number of halogens is 6. The second kappa shape index (κ2) is 9.33. The van der Waals surface area contributed by atoms with Crippen LogP contribution in [0.4, 0.5) is 23.2 Å². The Bertz CT molecular complexity index is 868. The zero-order valence-corrected chi connectivity index (χ0v) is 18.0. The van der Waals surface area contributed by atoms with E-state index in [4.69, 9.17) is 23.2 Å². The van der Waals surface area contributed by atoms with Gasteiger partial charge in [0.25, 0.3) is 0 Å². The lowest BCUT2D eigenvalue weighted by molar-refractivity contribution is -0.105. The number of thioether (sulfide) groups is 1. The first kappa shape index (κ1) is 22.5. The van der Waals surface area contributed by atoms with Crippen molar-refractivity contribution in [3.8, 4) is 0 Å². The minimum atomic E-state index is -4.26. The lowest BCUT2D eigenvalue weighted by Gasteiger charge is -2.36. The highest BCUT2D eigenvalue weighted by Gasteiger charge is 2.28. The van der Waals surface area contributed by atoms with E-state index in [0.717, 1.165) is 5.56 Å². The molecule has 0 spiro atoms. The Hall–Kier alpha value is -1.15. The summed E-state index contributed by atoms with van der Waals surface area (Å²) in [6.07, 6.45) is -4.26. The van der Waals surface area contributed by atoms with Crippen LogP contribution in [0.25, 0.3) is 0 Å². The first-order valence-electron chi connectivity index (χ1n) is 9.03. The number of anilines is 1. The number of hydrogen-bond acceptors (Lipinski definition) is 3. The van der Waals surface area contributed by atoms with E-state index < -0.39 is 17.7 Å². The number of piperazine rings is 1. The van der Waals surface area contributed by atoms with Crippen molar-refractivity contribution in [2.75, 3.05) is 36.8 Å². The number of alkyl halides is 3. The molecule has 2 aromatic rings. The van der Waals surface area contributed by atoms with Crippen LogP contribution in [0.5, 0.6) is 0 Å². The smallest absolute Gasteiger partial charge is 0.367 e. The fourth-order valence-corrected chi connectivity index (χ4v) is 4.36. The molecule has 0 bridgehead atoms. The van der Waals surface area contributed by atoms with Gasteiger partial charge >= 0.3 is 6.18 Å². The van der Waals surface area contributed by atoms with E-state index in [1.807, 2.05) is 17.0 Å². The average molecular weight is 467 g/mol. The molecular formula is C20H20Cl2F4N2S. The van der Waals surface area contributed by atoms with Gasteiger partial charge in [-0.3, -0.25) is 4.90 Å². The van der Waals surface area contributed by atoms with Crippen molar-refractivity contribution in [2.24, 2.45) is 0 Å². The van der Waals surface area contributed by atoms with Gasteiger partial charge in [0.15, 0.2) is 0 Å². The van der Waals surface area contributed by atoms with E-state index in [-0.39, 0.29) is 0 Å². The minimum Gasteiger partial charge on any atom is -0.367 e. The first-order valence-corrected chi connectivity index (χ1v) is 10.8. The maximum absolute atomic E-state index is 14.5. The summed E-state index contributed by atoms with van der Waals surface area (Å²) < 4.78 is 52.2. The van der Waals surface area contributed by atoms with Crippen molar-refractivity contribution in [1.82, 2.24) is 4.90 Å². The summed E-state index contributed by atoms with van der Waals surface area (Å²) in [7, 11) is 0. The van der Waals surface area contributed by atoms with Gasteiger partial charge in [0.1, 0.15) is 5.82 Å². The maximum atomic E-state index is 14.5. The van der Waals surface area contributed by atoms with Gasteiger partial charge in [0, 0.05) is 37.6 Å². The van der Waals surface area contributed by atoms with E-state index in [1.54, 1.807) is 13.0 Å². The van der Waals surface area contributed by atoms with Gasteiger partial charge in [-0.15, -0.1) is 11.8 Å². The molecule has 1 heterocycles. The quantitative estimate of drug-likeness (QED) is 0.370. The van der Waals surface area contributed by atoms with Crippen molar-refractivity contribution in [3.05, 3.63) is 57.3 Å². The maximum Gasteiger partial charge on any atom is 0.398 e. The fourth-order valence-electron chi connectivity index (χ4n) is 3.24. The Labute approximate surface area is 181 Å². The van der Waals surface area contributed by atoms with E-state index in [2.05, 4.69) is 4.90 Å². The third kappa shape index (κ3) is 6.17. The van der Waals surface area contributed by atoms with Crippen LogP contribution in [-0.2, 0) is 6.54 Å². The molecule has 0 unspecified atom stereocenters. The third-order valence-electron chi connectivity index (χ3n) is 4.74. The van der Waals surface area contributed by atoms with E-state index in [9.17, 15) is 17.6 Å². The summed E-state index contributed by atoms with van der Waals surface area (Å²) in [4.78, 5) is 4.57. The van der Waals surface area contributed by atoms with Crippen LogP contribution in [0.3, 0.4) is 0 Å². The molecule has 0 atom stereocenters. The lowest BCUT2D eigenvalue weighted by atomic mass is 10.1. The van der Waals surface area contributed by atoms with Crippen LogP contribution >= 0.6 is 35.0 Å². The monoisotopic (exact) mass is 466 g/mol. The zero-order valence-electron chi connectivity index (χ0n) is 15.7. The summed E-state index contributed by atoms with van der Waals surface area (Å²) in [5.74, 6) is -1.40. The Morgan fingerprint density at radius 1 is 1.00 bits per heavy atom. The Balaban J connectivity index is 1.64. The van der Waals surface area contributed by atoms with Gasteiger partial charge in [-0.1, -0.05) is 29.3 Å². The van der Waals surface area contributed by atoms with E-state index >= 15 is 0 Å². The summed E-state index contributed by atoms with van der Waals surface area (Å²) in [6, 6.07) is 8.37. The predicted octanol–water partition coefficient (Wildman–Crippen LogP) is 6.42. The number of aryl methyl sites for hydroxylation is 1. The molecule has 2 aromatic carbocycles. The van der Waals surface area contributed by atoms with Crippen molar-refractivity contribution in [3.63, 3.8) is 0 Å². The van der Waals surface area contributed by atoms with Gasteiger partial charge in [-0.25, -0.2) is 4.39 Å². The average Bonchev–Trinajstić information content (AvgIpc) is 2.64. The molecule has 0 saturated carbocycles. The zero-order chi connectivity index (χ0) is 21.2. The van der Waals surface area contributed by atoms with Crippen molar-refractivity contribution >= 4 is 40.7 Å². The van der Waals surface area contributed by atoms with Crippen molar-refractivity contribution < 1.29 is 17.6 Å².